The molecule has 0 bridgehead atoms. The van der Waals surface area contributed by atoms with E-state index in [1.807, 2.05) is 0 Å². The molecule has 4 nitrogen and oxygen atoms in total. The maximum Gasteiger partial charge on any atom is 0.270 e. The van der Waals surface area contributed by atoms with Gasteiger partial charge in [-0.1, -0.05) is 6.92 Å². The molecule has 0 saturated heterocycles. The molecule has 1 aliphatic rings. The third-order valence-corrected chi connectivity index (χ3v) is 3.24. The average Bonchev–Trinajstić information content (AvgIpc) is 2.16. The van der Waals surface area contributed by atoms with Crippen LogP contribution >= 0.6 is 11.8 Å². The van der Waals surface area contributed by atoms with Gasteiger partial charge in [0.2, 0.25) is 0 Å². The second-order valence-corrected chi connectivity index (χ2v) is 4.73. The first-order valence-corrected chi connectivity index (χ1v) is 5.24. The van der Waals surface area contributed by atoms with E-state index in [0.717, 1.165) is 17.1 Å². The zero-order chi connectivity index (χ0) is 10.1. The summed E-state index contributed by atoms with van der Waals surface area (Å²) in [6.07, 6.45) is 0. The van der Waals surface area contributed by atoms with Crippen LogP contribution in [0.25, 0.3) is 0 Å². The van der Waals surface area contributed by atoms with Gasteiger partial charge in [-0.25, -0.2) is 0 Å². The minimum Gasteiger partial charge on any atom is -0.383 e. The molecule has 0 radical (unpaired) electrons. The number of nitro groups is 1. The topological polar surface area (TPSA) is 55.2 Å². The second-order valence-electron chi connectivity index (χ2n) is 3.25. The second kappa shape index (κ2) is 3.49. The van der Waals surface area contributed by atoms with Gasteiger partial charge < -0.3 is 5.32 Å². The first kappa shape index (κ1) is 9.33. The molecule has 1 aromatic rings. The standard InChI is InChI=1S/C9H10N2O2S/c1-6-5-10-8-3-2-7(11(12)13)4-9(8)14-6/h2-4,6,10H,5H2,1H3/t6-/m0/s1. The van der Waals surface area contributed by atoms with E-state index in [-0.39, 0.29) is 10.6 Å². The summed E-state index contributed by atoms with van der Waals surface area (Å²) < 4.78 is 0. The Labute approximate surface area is 85.8 Å². The number of nitrogens with one attached hydrogen (secondary N) is 1. The minimum absolute atomic E-state index is 0.159. The van der Waals surface area contributed by atoms with Crippen LogP contribution < -0.4 is 5.32 Å². The third kappa shape index (κ3) is 1.68. The molecule has 1 heterocycles. The van der Waals surface area contributed by atoms with Crippen LogP contribution in [0.15, 0.2) is 23.1 Å². The molecular formula is C9H10N2O2S. The van der Waals surface area contributed by atoms with Gasteiger partial charge in [0.25, 0.3) is 5.69 Å². The molecule has 0 unspecified atom stereocenters. The third-order valence-electron chi connectivity index (χ3n) is 2.08. The van der Waals surface area contributed by atoms with Crippen LogP contribution in [0, 0.1) is 10.1 Å². The highest BCUT2D eigenvalue weighted by Crippen LogP contribution is 2.36. The lowest BCUT2D eigenvalue weighted by Gasteiger charge is -2.22. The van der Waals surface area contributed by atoms with Crippen LogP contribution in [-0.4, -0.2) is 16.7 Å². The number of rotatable bonds is 1. The van der Waals surface area contributed by atoms with Crippen LogP contribution in [0.4, 0.5) is 11.4 Å². The van der Waals surface area contributed by atoms with Gasteiger partial charge in [-0.05, 0) is 6.07 Å². The lowest BCUT2D eigenvalue weighted by atomic mass is 10.2. The van der Waals surface area contributed by atoms with Crippen LogP contribution in [0.3, 0.4) is 0 Å². The van der Waals surface area contributed by atoms with E-state index in [1.165, 1.54) is 6.07 Å². The Kier molecular flexibility index (Phi) is 2.33. The molecule has 1 atom stereocenters. The molecule has 1 N–H and O–H groups in total. The summed E-state index contributed by atoms with van der Waals surface area (Å²) in [5.74, 6) is 0. The summed E-state index contributed by atoms with van der Waals surface area (Å²) in [4.78, 5) is 11.2. The smallest absolute Gasteiger partial charge is 0.270 e. The summed E-state index contributed by atoms with van der Waals surface area (Å²) in [5.41, 5.74) is 1.16. The lowest BCUT2D eigenvalue weighted by Crippen LogP contribution is -2.18. The summed E-state index contributed by atoms with van der Waals surface area (Å²) in [6.45, 7) is 3.01. The van der Waals surface area contributed by atoms with E-state index >= 15 is 0 Å². The van der Waals surface area contributed by atoms with Gasteiger partial charge in [-0.2, -0.15) is 0 Å². The molecule has 2 rings (SSSR count). The minimum atomic E-state index is -0.361. The number of anilines is 1. The highest BCUT2D eigenvalue weighted by atomic mass is 32.2. The fourth-order valence-corrected chi connectivity index (χ4v) is 2.44. The van der Waals surface area contributed by atoms with Gasteiger partial charge in [-0.15, -0.1) is 11.8 Å². The molecular weight excluding hydrogens is 200 g/mol. The SMILES string of the molecule is C[C@H]1CNc2ccc([N+](=O)[O-])cc2S1. The Morgan fingerprint density at radius 2 is 2.43 bits per heavy atom. The van der Waals surface area contributed by atoms with Crippen LogP contribution in [0.1, 0.15) is 6.92 Å². The number of hydrogen-bond donors (Lipinski definition) is 1. The Morgan fingerprint density at radius 3 is 3.14 bits per heavy atom. The largest absolute Gasteiger partial charge is 0.383 e. The maximum absolute atomic E-state index is 10.5. The van der Waals surface area contributed by atoms with Crippen LogP contribution in [0.5, 0.6) is 0 Å². The Morgan fingerprint density at radius 1 is 1.64 bits per heavy atom. The Bertz CT molecular complexity index is 381. The molecule has 0 aliphatic carbocycles. The molecule has 0 fully saturated rings. The highest BCUT2D eigenvalue weighted by Gasteiger charge is 2.17. The number of hydrogen-bond acceptors (Lipinski definition) is 4. The predicted octanol–water partition coefficient (Wildman–Crippen LogP) is 2.50. The summed E-state index contributed by atoms with van der Waals surface area (Å²) >= 11 is 1.68. The molecule has 0 amide bonds. The van der Waals surface area contributed by atoms with Crippen molar-refractivity contribution in [3.8, 4) is 0 Å². The molecule has 0 aromatic heterocycles. The van der Waals surface area contributed by atoms with E-state index in [4.69, 9.17) is 0 Å². The van der Waals surface area contributed by atoms with Crippen LogP contribution in [-0.2, 0) is 0 Å². The number of thioether (sulfide) groups is 1. The molecule has 14 heavy (non-hydrogen) atoms. The number of fused-ring (bicyclic) bond motifs is 1. The van der Waals surface area contributed by atoms with Gasteiger partial charge in [0, 0.05) is 34.5 Å². The van der Waals surface area contributed by atoms with Gasteiger partial charge >= 0.3 is 0 Å². The van der Waals surface area contributed by atoms with Gasteiger partial charge in [0.15, 0.2) is 0 Å². The zero-order valence-corrected chi connectivity index (χ0v) is 8.50. The fraction of sp³-hybridized carbons (Fsp3) is 0.333. The Hall–Kier alpha value is -1.23. The maximum atomic E-state index is 10.5. The van der Waals surface area contributed by atoms with Crippen molar-refractivity contribution in [1.82, 2.24) is 0 Å². The van der Waals surface area contributed by atoms with Crippen molar-refractivity contribution in [2.75, 3.05) is 11.9 Å². The molecule has 74 valence electrons. The van der Waals surface area contributed by atoms with Crippen molar-refractivity contribution in [3.05, 3.63) is 28.3 Å². The summed E-state index contributed by atoms with van der Waals surface area (Å²) in [5, 5.41) is 14.2. The lowest BCUT2D eigenvalue weighted by molar-refractivity contribution is -0.385. The molecule has 1 aliphatic heterocycles. The predicted molar refractivity (Wildman–Crippen MR) is 56.9 cm³/mol. The van der Waals surface area contributed by atoms with Gasteiger partial charge in [-0.3, -0.25) is 10.1 Å². The van der Waals surface area contributed by atoms with Crippen molar-refractivity contribution >= 4 is 23.1 Å². The monoisotopic (exact) mass is 210 g/mol. The van der Waals surface area contributed by atoms with E-state index in [2.05, 4.69) is 12.2 Å². The number of nitrogens with zero attached hydrogens (tertiary/aromatic N) is 1. The van der Waals surface area contributed by atoms with E-state index in [9.17, 15) is 10.1 Å². The first-order valence-electron chi connectivity index (χ1n) is 4.36. The van der Waals surface area contributed by atoms with Crippen LogP contribution in [0.2, 0.25) is 0 Å². The Balaban J connectivity index is 2.37. The molecule has 5 heteroatoms. The molecule has 0 saturated carbocycles. The van der Waals surface area contributed by atoms with E-state index in [1.54, 1.807) is 23.9 Å². The summed E-state index contributed by atoms with van der Waals surface area (Å²) in [6, 6.07) is 4.93. The summed E-state index contributed by atoms with van der Waals surface area (Å²) in [7, 11) is 0. The number of nitro benzene ring substituents is 1. The van der Waals surface area contributed by atoms with Gasteiger partial charge in [0.1, 0.15) is 0 Å². The highest BCUT2D eigenvalue weighted by molar-refractivity contribution is 8.00. The normalized spacial score (nSPS) is 19.6. The fourth-order valence-electron chi connectivity index (χ4n) is 1.38. The van der Waals surface area contributed by atoms with Crippen molar-refractivity contribution in [2.24, 2.45) is 0 Å². The molecule has 0 spiro atoms. The first-order chi connectivity index (χ1) is 6.66. The van der Waals surface area contributed by atoms with E-state index in [0.29, 0.717) is 5.25 Å². The molecule has 1 aromatic carbocycles. The number of non-ortho nitro benzene ring substituents is 1. The van der Waals surface area contributed by atoms with Crippen molar-refractivity contribution < 1.29 is 4.92 Å². The van der Waals surface area contributed by atoms with Crippen molar-refractivity contribution in [3.63, 3.8) is 0 Å². The quantitative estimate of drug-likeness (QED) is 0.571. The number of benzene rings is 1. The van der Waals surface area contributed by atoms with E-state index < -0.39 is 0 Å². The van der Waals surface area contributed by atoms with Crippen molar-refractivity contribution in [1.29, 1.82) is 0 Å². The van der Waals surface area contributed by atoms with Gasteiger partial charge in [0.05, 0.1) is 4.92 Å². The zero-order valence-electron chi connectivity index (χ0n) is 7.69. The average molecular weight is 210 g/mol. The van der Waals surface area contributed by atoms with Crippen molar-refractivity contribution in [2.45, 2.75) is 17.1 Å².